The largest absolute Gasteiger partial charge is 0.493 e. The summed E-state index contributed by atoms with van der Waals surface area (Å²) in [5, 5.41) is 15.9. The molecule has 2 N–H and O–H groups in total. The van der Waals surface area contributed by atoms with Crippen LogP contribution in [0.5, 0.6) is 5.75 Å². The number of hydrogen-bond donors (Lipinski definition) is 1. The predicted octanol–water partition coefficient (Wildman–Crippen LogP) is 3.44. The first-order valence-corrected chi connectivity index (χ1v) is 12.0. The van der Waals surface area contributed by atoms with Crippen molar-refractivity contribution in [1.29, 1.82) is 5.26 Å². The van der Waals surface area contributed by atoms with Gasteiger partial charge in [-0.15, -0.1) is 0 Å². The Morgan fingerprint density at radius 2 is 2.18 bits per heavy atom. The second-order valence-corrected chi connectivity index (χ2v) is 9.35. The monoisotopic (exact) mass is 481 g/mol. The van der Waals surface area contributed by atoms with Gasteiger partial charge in [0.2, 0.25) is 0 Å². The number of nitrogens with zero attached hydrogens (tertiary/aromatic N) is 6. The lowest BCUT2D eigenvalue weighted by molar-refractivity contribution is 0.0762. The molecule has 0 aliphatic carbocycles. The van der Waals surface area contributed by atoms with Crippen molar-refractivity contribution >= 4 is 28.5 Å². The van der Waals surface area contributed by atoms with E-state index in [1.807, 2.05) is 31.5 Å². The highest BCUT2D eigenvalue weighted by Gasteiger charge is 2.39. The predicted molar refractivity (Wildman–Crippen MR) is 129 cm³/mol. The molecule has 2 atom stereocenters. The molecule has 0 saturated carbocycles. The number of nitrogens with two attached hydrogens (primary N) is 1. The first-order valence-electron chi connectivity index (χ1n) is 11.6. The number of benzene rings is 1. The summed E-state index contributed by atoms with van der Waals surface area (Å²) in [5.74, 6) is 1.28. The zero-order valence-electron chi connectivity index (χ0n) is 19.6. The maximum absolute atomic E-state index is 9.99. The second kappa shape index (κ2) is 9.02. The molecule has 0 bridgehead atoms. The van der Waals surface area contributed by atoms with Gasteiger partial charge < -0.3 is 15.2 Å². The smallest absolute Gasteiger partial charge is 0.164 e. The number of aromatic nitrogens is 4. The number of halogens is 1. The van der Waals surface area contributed by atoms with Gasteiger partial charge in [-0.05, 0) is 33.3 Å². The van der Waals surface area contributed by atoms with Crippen molar-refractivity contribution in [2.75, 3.05) is 38.6 Å². The number of hydrogen-bond acceptors (Lipinski definition) is 8. The van der Waals surface area contributed by atoms with E-state index in [1.54, 1.807) is 0 Å². The van der Waals surface area contributed by atoms with Crippen LogP contribution in [0, 0.1) is 18.3 Å². The Balaban J connectivity index is 1.59. The Hall–Kier alpha value is -2.93. The quantitative estimate of drug-likeness (QED) is 0.569. The van der Waals surface area contributed by atoms with E-state index in [9.17, 15) is 5.26 Å². The third kappa shape index (κ3) is 3.66. The third-order valence-corrected chi connectivity index (χ3v) is 7.25. The maximum Gasteiger partial charge on any atom is 0.164 e. The summed E-state index contributed by atoms with van der Waals surface area (Å²) >= 11 is 6.69. The van der Waals surface area contributed by atoms with Gasteiger partial charge in [-0.3, -0.25) is 4.90 Å². The summed E-state index contributed by atoms with van der Waals surface area (Å²) in [6.07, 6.45) is 2.49. The SMILES string of the molecule is CCOc1c([C@@H](C)n2nc(C)c3c(N)ncnc32)cc(Cl)c(C#N)c1C1CN(C2CCOC2)C1. The van der Waals surface area contributed by atoms with Crippen LogP contribution in [0.3, 0.4) is 0 Å². The topological polar surface area (TPSA) is 115 Å². The highest BCUT2D eigenvalue weighted by molar-refractivity contribution is 6.32. The first kappa shape index (κ1) is 22.8. The number of fused-ring (bicyclic) bond motifs is 1. The minimum atomic E-state index is -0.254. The fraction of sp³-hybridized carbons (Fsp3) is 0.500. The standard InChI is InChI=1S/C24H28ClN7O2/c1-4-34-22-17(14(3)32-24-20(13(2)30-32)23(27)28-12-29-24)7-19(25)18(8-26)21(22)15-9-31(10-15)16-5-6-33-11-16/h7,12,14-16H,4-6,9-11H2,1-3H3,(H2,27,28,29)/t14-,16?/m1/s1. The van der Waals surface area contributed by atoms with Crippen LogP contribution < -0.4 is 10.5 Å². The van der Waals surface area contributed by atoms with Crippen LogP contribution in [-0.4, -0.2) is 63.6 Å². The van der Waals surface area contributed by atoms with E-state index in [-0.39, 0.29) is 12.0 Å². The van der Waals surface area contributed by atoms with Crippen LogP contribution >= 0.6 is 11.6 Å². The highest BCUT2D eigenvalue weighted by atomic mass is 35.5. The molecule has 2 aliphatic heterocycles. The molecule has 34 heavy (non-hydrogen) atoms. The van der Waals surface area contributed by atoms with Gasteiger partial charge >= 0.3 is 0 Å². The minimum absolute atomic E-state index is 0.163. The van der Waals surface area contributed by atoms with E-state index >= 15 is 0 Å². The molecule has 2 aromatic heterocycles. The molecule has 0 radical (unpaired) electrons. The van der Waals surface area contributed by atoms with Crippen molar-refractivity contribution in [3.8, 4) is 11.8 Å². The lowest BCUT2D eigenvalue weighted by Crippen LogP contribution is -2.51. The zero-order chi connectivity index (χ0) is 24.0. The molecular formula is C24H28ClN7O2. The number of anilines is 1. The van der Waals surface area contributed by atoms with E-state index in [0.29, 0.717) is 40.4 Å². The van der Waals surface area contributed by atoms with Gasteiger partial charge in [0, 0.05) is 42.8 Å². The van der Waals surface area contributed by atoms with Gasteiger partial charge in [0.25, 0.3) is 0 Å². The fourth-order valence-corrected chi connectivity index (χ4v) is 5.43. The summed E-state index contributed by atoms with van der Waals surface area (Å²) in [6, 6.07) is 4.34. The summed E-state index contributed by atoms with van der Waals surface area (Å²) in [6.45, 7) is 9.62. The van der Waals surface area contributed by atoms with E-state index in [2.05, 4.69) is 20.9 Å². The summed E-state index contributed by atoms with van der Waals surface area (Å²) in [7, 11) is 0. The van der Waals surface area contributed by atoms with Crippen molar-refractivity contribution in [2.24, 2.45) is 0 Å². The van der Waals surface area contributed by atoms with Crippen LogP contribution in [-0.2, 0) is 4.74 Å². The number of nitrogen functional groups attached to an aromatic ring is 1. The summed E-state index contributed by atoms with van der Waals surface area (Å²) in [4.78, 5) is 11.0. The van der Waals surface area contributed by atoms with Crippen LogP contribution in [0.2, 0.25) is 5.02 Å². The second-order valence-electron chi connectivity index (χ2n) is 8.94. The van der Waals surface area contributed by atoms with Gasteiger partial charge in [-0.1, -0.05) is 11.6 Å². The molecule has 2 saturated heterocycles. The van der Waals surface area contributed by atoms with Crippen molar-refractivity contribution in [3.05, 3.63) is 39.8 Å². The van der Waals surface area contributed by atoms with Gasteiger partial charge in [-0.25, -0.2) is 14.6 Å². The molecule has 2 aliphatic rings. The van der Waals surface area contributed by atoms with Crippen LogP contribution in [0.15, 0.2) is 12.4 Å². The molecule has 4 heterocycles. The lowest BCUT2D eigenvalue weighted by Gasteiger charge is -2.44. The third-order valence-electron chi connectivity index (χ3n) is 6.95. The lowest BCUT2D eigenvalue weighted by atomic mass is 9.84. The Bertz CT molecular complexity index is 1270. The average molecular weight is 482 g/mol. The van der Waals surface area contributed by atoms with Crippen LogP contribution in [0.25, 0.3) is 11.0 Å². The Labute approximate surface area is 203 Å². The maximum atomic E-state index is 9.99. The fourth-order valence-electron chi connectivity index (χ4n) is 5.17. The minimum Gasteiger partial charge on any atom is -0.493 e. The van der Waals surface area contributed by atoms with Crippen molar-refractivity contribution in [2.45, 2.75) is 45.2 Å². The Morgan fingerprint density at radius 3 is 2.85 bits per heavy atom. The molecule has 5 rings (SSSR count). The van der Waals surface area contributed by atoms with Crippen molar-refractivity contribution in [3.63, 3.8) is 0 Å². The average Bonchev–Trinajstić information content (AvgIpc) is 3.43. The van der Waals surface area contributed by atoms with Crippen molar-refractivity contribution in [1.82, 2.24) is 24.6 Å². The molecule has 1 unspecified atom stereocenters. The van der Waals surface area contributed by atoms with Gasteiger partial charge in [0.05, 0.1) is 40.9 Å². The number of rotatable bonds is 6. The molecule has 0 spiro atoms. The van der Waals surface area contributed by atoms with Crippen LogP contribution in [0.4, 0.5) is 5.82 Å². The number of aryl methyl sites for hydroxylation is 1. The number of ether oxygens (including phenoxy) is 2. The molecule has 0 amide bonds. The van der Waals surface area contributed by atoms with Crippen molar-refractivity contribution < 1.29 is 9.47 Å². The Morgan fingerprint density at radius 1 is 1.38 bits per heavy atom. The molecular weight excluding hydrogens is 454 g/mol. The van der Waals surface area contributed by atoms with E-state index in [4.69, 9.17) is 31.9 Å². The van der Waals surface area contributed by atoms with Crippen LogP contribution in [0.1, 0.15) is 54.6 Å². The van der Waals surface area contributed by atoms with E-state index in [0.717, 1.165) is 54.9 Å². The van der Waals surface area contributed by atoms with E-state index in [1.165, 1.54) is 6.33 Å². The molecule has 178 valence electrons. The van der Waals surface area contributed by atoms with Gasteiger partial charge in [0.1, 0.15) is 24.0 Å². The normalized spacial score (nSPS) is 19.8. The summed E-state index contributed by atoms with van der Waals surface area (Å²) in [5.41, 5.74) is 9.75. The molecule has 9 nitrogen and oxygen atoms in total. The molecule has 2 fully saturated rings. The summed E-state index contributed by atoms with van der Waals surface area (Å²) < 4.78 is 13.6. The zero-order valence-corrected chi connectivity index (χ0v) is 20.3. The molecule has 10 heteroatoms. The van der Waals surface area contributed by atoms with E-state index < -0.39 is 0 Å². The van der Waals surface area contributed by atoms with Gasteiger partial charge in [-0.2, -0.15) is 10.4 Å². The first-order chi connectivity index (χ1) is 16.4. The molecule has 1 aromatic carbocycles. The number of likely N-dealkylation sites (tertiary alicyclic amines) is 1. The highest BCUT2D eigenvalue weighted by Crippen LogP contribution is 2.45. The Kier molecular flexibility index (Phi) is 6.06. The number of nitriles is 1. The molecule has 3 aromatic rings. The van der Waals surface area contributed by atoms with Gasteiger partial charge in [0.15, 0.2) is 5.65 Å².